The number of likely N-dealkylation sites (tertiary alicyclic amines) is 1. The Labute approximate surface area is 207 Å². The quantitative estimate of drug-likeness (QED) is 0.518. The summed E-state index contributed by atoms with van der Waals surface area (Å²) < 4.78 is 5.65. The summed E-state index contributed by atoms with van der Waals surface area (Å²) in [5.74, 6) is -1.54. The number of rotatable bonds is 6. The molecule has 2 heterocycles. The van der Waals surface area contributed by atoms with Crippen molar-refractivity contribution < 1.29 is 24.2 Å². The van der Waals surface area contributed by atoms with E-state index in [1.807, 2.05) is 41.8 Å². The van der Waals surface area contributed by atoms with E-state index in [1.54, 1.807) is 12.1 Å². The molecule has 0 spiro atoms. The molecular formula is C27H26N2O5S. The summed E-state index contributed by atoms with van der Waals surface area (Å²) in [6.45, 7) is 0.483. The SMILES string of the molecule is O=C(NC(C(=O)N1CCCC[C@H]1C(=O)O)c1cccs1)OCC1c2ccccc2-c2ccccc21. The first-order valence-electron chi connectivity index (χ1n) is 11.7. The van der Waals surface area contributed by atoms with Crippen LogP contribution in [-0.2, 0) is 14.3 Å². The van der Waals surface area contributed by atoms with Crippen LogP contribution in [0.15, 0.2) is 66.0 Å². The summed E-state index contributed by atoms with van der Waals surface area (Å²) in [4.78, 5) is 40.1. The highest BCUT2D eigenvalue weighted by Crippen LogP contribution is 2.44. The average molecular weight is 491 g/mol. The standard InChI is InChI=1S/C27H26N2O5S/c30-25(29-14-6-5-12-22(29)26(31)32)24(23-13-7-15-35-23)28-27(33)34-16-21-19-10-3-1-8-17(19)18-9-2-4-11-20(18)21/h1-4,7-11,13,15,21-22,24H,5-6,12,14,16H2,(H,28,33)(H,31,32)/t22-,24?/m0/s1. The largest absolute Gasteiger partial charge is 0.480 e. The Morgan fingerprint density at radius 1 is 1.00 bits per heavy atom. The monoisotopic (exact) mass is 490 g/mol. The molecule has 5 rings (SSSR count). The van der Waals surface area contributed by atoms with Crippen LogP contribution in [0, 0.1) is 0 Å². The van der Waals surface area contributed by atoms with Crippen LogP contribution in [-0.4, -0.2) is 47.2 Å². The number of carboxylic acid groups (broad SMARTS) is 1. The number of carbonyl (C=O) groups excluding carboxylic acids is 2. The van der Waals surface area contributed by atoms with Gasteiger partial charge < -0.3 is 20.1 Å². The fourth-order valence-corrected chi connectivity index (χ4v) is 5.85. The van der Waals surface area contributed by atoms with Gasteiger partial charge in [0.1, 0.15) is 18.7 Å². The van der Waals surface area contributed by atoms with Gasteiger partial charge in [-0.05, 0) is 53.0 Å². The number of hydrogen-bond acceptors (Lipinski definition) is 5. The molecule has 0 saturated carbocycles. The molecule has 2 aromatic carbocycles. The van der Waals surface area contributed by atoms with Crippen LogP contribution in [0.25, 0.3) is 11.1 Å². The molecule has 2 N–H and O–H groups in total. The number of amides is 2. The molecule has 0 bridgehead atoms. The second-order valence-electron chi connectivity index (χ2n) is 8.80. The lowest BCUT2D eigenvalue weighted by molar-refractivity contribution is -0.153. The van der Waals surface area contributed by atoms with Crippen molar-refractivity contribution in [2.24, 2.45) is 0 Å². The van der Waals surface area contributed by atoms with Crippen molar-refractivity contribution >= 4 is 29.3 Å². The molecule has 1 aromatic heterocycles. The summed E-state index contributed by atoms with van der Waals surface area (Å²) in [5, 5.41) is 14.1. The molecule has 35 heavy (non-hydrogen) atoms. The second kappa shape index (κ2) is 9.92. The number of nitrogens with one attached hydrogen (secondary N) is 1. The fourth-order valence-electron chi connectivity index (χ4n) is 5.09. The lowest BCUT2D eigenvalue weighted by Crippen LogP contribution is -2.52. The summed E-state index contributed by atoms with van der Waals surface area (Å²) in [6.07, 6.45) is 1.19. The fraction of sp³-hybridized carbons (Fsp3) is 0.296. The van der Waals surface area contributed by atoms with Crippen molar-refractivity contribution in [1.29, 1.82) is 0 Å². The van der Waals surface area contributed by atoms with Gasteiger partial charge in [-0.15, -0.1) is 11.3 Å². The van der Waals surface area contributed by atoms with Gasteiger partial charge >= 0.3 is 12.1 Å². The number of thiophene rings is 1. The molecule has 1 aliphatic heterocycles. The van der Waals surface area contributed by atoms with Gasteiger partial charge in [-0.25, -0.2) is 9.59 Å². The van der Waals surface area contributed by atoms with E-state index in [-0.39, 0.29) is 12.5 Å². The minimum absolute atomic E-state index is 0.0949. The summed E-state index contributed by atoms with van der Waals surface area (Å²) in [5.41, 5.74) is 4.47. The molecule has 0 radical (unpaired) electrons. The van der Waals surface area contributed by atoms with E-state index in [2.05, 4.69) is 17.4 Å². The number of carboxylic acids is 1. The molecule has 2 atom stereocenters. The Morgan fingerprint density at radius 2 is 1.69 bits per heavy atom. The number of aliphatic carboxylic acids is 1. The molecule has 1 aliphatic carbocycles. The maximum Gasteiger partial charge on any atom is 0.408 e. The first-order chi connectivity index (χ1) is 17.0. The van der Waals surface area contributed by atoms with Crippen LogP contribution in [0.3, 0.4) is 0 Å². The zero-order valence-corrected chi connectivity index (χ0v) is 19.9. The topological polar surface area (TPSA) is 95.9 Å². The number of alkyl carbamates (subject to hydrolysis) is 1. The molecule has 1 unspecified atom stereocenters. The van der Waals surface area contributed by atoms with Gasteiger partial charge in [0.05, 0.1) is 0 Å². The molecule has 2 aliphatic rings. The van der Waals surface area contributed by atoms with Crippen LogP contribution in [0.1, 0.15) is 47.2 Å². The first kappa shape index (κ1) is 23.1. The molecule has 180 valence electrons. The van der Waals surface area contributed by atoms with Crippen LogP contribution < -0.4 is 5.32 Å². The van der Waals surface area contributed by atoms with Crippen LogP contribution in [0.5, 0.6) is 0 Å². The Morgan fingerprint density at radius 3 is 2.31 bits per heavy atom. The van der Waals surface area contributed by atoms with Gasteiger partial charge in [0.2, 0.25) is 0 Å². The normalized spacial score (nSPS) is 17.8. The van der Waals surface area contributed by atoms with E-state index < -0.39 is 30.1 Å². The molecular weight excluding hydrogens is 464 g/mol. The van der Waals surface area contributed by atoms with Crippen molar-refractivity contribution in [2.75, 3.05) is 13.2 Å². The van der Waals surface area contributed by atoms with Gasteiger partial charge in [-0.3, -0.25) is 4.79 Å². The first-order valence-corrected chi connectivity index (χ1v) is 12.6. The van der Waals surface area contributed by atoms with Crippen LogP contribution in [0.2, 0.25) is 0 Å². The summed E-state index contributed by atoms with van der Waals surface area (Å²) in [7, 11) is 0. The number of benzene rings is 2. The molecule has 1 fully saturated rings. The number of carbonyl (C=O) groups is 3. The second-order valence-corrected chi connectivity index (χ2v) is 9.78. The highest BCUT2D eigenvalue weighted by Gasteiger charge is 2.37. The molecule has 8 heteroatoms. The third-order valence-electron chi connectivity index (χ3n) is 6.75. The van der Waals surface area contributed by atoms with Crippen molar-refractivity contribution in [1.82, 2.24) is 10.2 Å². The predicted octanol–water partition coefficient (Wildman–Crippen LogP) is 4.79. The predicted molar refractivity (Wildman–Crippen MR) is 132 cm³/mol. The van der Waals surface area contributed by atoms with Gasteiger partial charge in [0, 0.05) is 17.3 Å². The number of fused-ring (bicyclic) bond motifs is 3. The lowest BCUT2D eigenvalue weighted by Gasteiger charge is -2.35. The van der Waals surface area contributed by atoms with Crippen molar-refractivity contribution in [2.45, 2.75) is 37.3 Å². The molecule has 1 saturated heterocycles. The Balaban J connectivity index is 1.32. The number of piperidine rings is 1. The lowest BCUT2D eigenvalue weighted by atomic mass is 9.98. The van der Waals surface area contributed by atoms with E-state index in [0.717, 1.165) is 35.1 Å². The third kappa shape index (κ3) is 4.53. The van der Waals surface area contributed by atoms with Gasteiger partial charge in [-0.1, -0.05) is 54.6 Å². The Bertz CT molecular complexity index is 1200. The number of nitrogens with zero attached hydrogens (tertiary/aromatic N) is 1. The maximum atomic E-state index is 13.4. The smallest absolute Gasteiger partial charge is 0.408 e. The zero-order valence-electron chi connectivity index (χ0n) is 19.1. The van der Waals surface area contributed by atoms with E-state index in [9.17, 15) is 19.5 Å². The number of hydrogen-bond donors (Lipinski definition) is 2. The molecule has 7 nitrogen and oxygen atoms in total. The Hall–Kier alpha value is -3.65. The zero-order chi connectivity index (χ0) is 24.4. The minimum Gasteiger partial charge on any atom is -0.480 e. The average Bonchev–Trinajstić information content (AvgIpc) is 3.52. The van der Waals surface area contributed by atoms with E-state index in [0.29, 0.717) is 17.8 Å². The van der Waals surface area contributed by atoms with Crippen molar-refractivity contribution in [3.8, 4) is 11.1 Å². The summed E-state index contributed by atoms with van der Waals surface area (Å²) >= 11 is 1.33. The minimum atomic E-state index is -1.02. The van der Waals surface area contributed by atoms with Crippen LogP contribution in [0.4, 0.5) is 4.79 Å². The molecule has 3 aromatic rings. The third-order valence-corrected chi connectivity index (χ3v) is 7.69. The van der Waals surface area contributed by atoms with E-state index in [1.165, 1.54) is 16.2 Å². The maximum absolute atomic E-state index is 13.4. The highest BCUT2D eigenvalue weighted by molar-refractivity contribution is 7.10. The van der Waals surface area contributed by atoms with Crippen molar-refractivity contribution in [3.05, 3.63) is 82.0 Å². The Kier molecular flexibility index (Phi) is 6.55. The van der Waals surface area contributed by atoms with E-state index in [4.69, 9.17) is 4.74 Å². The van der Waals surface area contributed by atoms with Gasteiger partial charge in [0.15, 0.2) is 0 Å². The number of ether oxygens (including phenoxy) is 1. The molecule has 2 amide bonds. The summed E-state index contributed by atoms with van der Waals surface area (Å²) in [6, 6.07) is 17.8. The van der Waals surface area contributed by atoms with Gasteiger partial charge in [-0.2, -0.15) is 0 Å². The van der Waals surface area contributed by atoms with Crippen molar-refractivity contribution in [3.63, 3.8) is 0 Å². The van der Waals surface area contributed by atoms with Crippen LogP contribution >= 0.6 is 11.3 Å². The van der Waals surface area contributed by atoms with E-state index >= 15 is 0 Å². The highest BCUT2D eigenvalue weighted by atomic mass is 32.1. The van der Waals surface area contributed by atoms with Gasteiger partial charge in [0.25, 0.3) is 5.91 Å².